The molecule has 4 saturated carbocycles. The Morgan fingerprint density at radius 2 is 0.967 bits per heavy atom. The predicted molar refractivity (Wildman–Crippen MR) is 62.4 cm³/mol. The van der Waals surface area contributed by atoms with Crippen LogP contribution in [0.1, 0.15) is 0 Å². The van der Waals surface area contributed by atoms with E-state index in [2.05, 4.69) is 11.3 Å². The van der Waals surface area contributed by atoms with Crippen molar-refractivity contribution in [2.45, 2.75) is 58.0 Å². The number of ether oxygens (including phenoxy) is 1. The molecule has 0 aromatic rings. The minimum Gasteiger partial charge on any atom is -0.436 e. The number of carbonyl (C=O) groups excluding carboxylic acids is 1. The highest BCUT2D eigenvalue weighted by Gasteiger charge is 3.22. The van der Waals surface area contributed by atoms with Crippen molar-refractivity contribution in [2.24, 2.45) is 0 Å². The van der Waals surface area contributed by atoms with Crippen LogP contribution < -0.4 is 0 Å². The van der Waals surface area contributed by atoms with E-state index in [0.717, 1.165) is 0 Å². The first kappa shape index (κ1) is 22.9. The molecule has 172 valence electrons. The van der Waals surface area contributed by atoms with Gasteiger partial charge in [-0.2, -0.15) is 52.7 Å². The van der Waals surface area contributed by atoms with Gasteiger partial charge in [-0.3, -0.25) is 0 Å². The first-order valence-corrected chi connectivity index (χ1v) is 7.21. The summed E-state index contributed by atoms with van der Waals surface area (Å²) in [5.74, 6) is -48.0. The lowest BCUT2D eigenvalue weighted by Gasteiger charge is -2.75. The van der Waals surface area contributed by atoms with Gasteiger partial charge < -0.3 is 14.9 Å². The van der Waals surface area contributed by atoms with Crippen LogP contribution in [0.2, 0.25) is 0 Å². The molecule has 17 heteroatoms. The van der Waals surface area contributed by atoms with E-state index in [4.69, 9.17) is 0 Å². The molecule has 4 nitrogen and oxygen atoms in total. The molecule has 4 aliphatic carbocycles. The molecule has 4 fully saturated rings. The van der Waals surface area contributed by atoms with Crippen LogP contribution in [-0.2, 0) is 9.53 Å². The monoisotopic (exact) mass is 472 g/mol. The van der Waals surface area contributed by atoms with Crippen LogP contribution in [0.5, 0.6) is 0 Å². The van der Waals surface area contributed by atoms with Gasteiger partial charge in [0.25, 0.3) is 11.2 Å². The average Bonchev–Trinajstić information content (AvgIpc) is 2.58. The summed E-state index contributed by atoms with van der Waals surface area (Å²) in [6.45, 7) is 2.37. The smallest absolute Gasteiger partial charge is 0.344 e. The van der Waals surface area contributed by atoms with Crippen LogP contribution in [-0.4, -0.2) is 74.2 Å². The molecule has 0 aliphatic heterocycles. The topological polar surface area (TPSA) is 66.8 Å². The fourth-order valence-corrected chi connectivity index (χ4v) is 4.26. The Hall–Kier alpha value is -1.78. The molecule has 0 heterocycles. The molecule has 0 aromatic heterocycles. The molecule has 0 saturated heterocycles. The molecule has 2 N–H and O–H groups in total. The Morgan fingerprint density at radius 3 is 1.27 bits per heavy atom. The summed E-state index contributed by atoms with van der Waals surface area (Å²) in [6, 6.07) is 0. The lowest BCUT2D eigenvalue weighted by Crippen LogP contribution is -3.11. The van der Waals surface area contributed by atoms with E-state index < -0.39 is 70.1 Å². The van der Waals surface area contributed by atoms with Crippen LogP contribution in [0.4, 0.5) is 57.1 Å². The second kappa shape index (κ2) is 4.68. The van der Waals surface area contributed by atoms with Gasteiger partial charge in [-0.1, -0.05) is 6.58 Å². The van der Waals surface area contributed by atoms with E-state index >= 15 is 0 Å². The van der Waals surface area contributed by atoms with Crippen molar-refractivity contribution in [2.75, 3.05) is 0 Å². The summed E-state index contributed by atoms with van der Waals surface area (Å²) < 4.78 is 191. The van der Waals surface area contributed by atoms with Gasteiger partial charge in [-0.25, -0.2) is 9.18 Å². The zero-order chi connectivity index (χ0) is 24.0. The highest BCUT2D eigenvalue weighted by Crippen LogP contribution is 2.87. The third kappa shape index (κ3) is 1.30. The Labute approximate surface area is 154 Å². The van der Waals surface area contributed by atoms with Crippen LogP contribution >= 0.6 is 0 Å². The Morgan fingerprint density at radius 1 is 0.633 bits per heavy atom. The lowest BCUT2D eigenvalue weighted by molar-refractivity contribution is -0.631. The Kier molecular flexibility index (Phi) is 3.57. The maximum atomic E-state index is 14.8. The van der Waals surface area contributed by atoms with Gasteiger partial charge in [-0.15, -0.1) is 0 Å². The van der Waals surface area contributed by atoms with E-state index in [1.54, 1.807) is 0 Å². The molecule has 4 rings (SSSR count). The predicted octanol–water partition coefficient (Wildman–Crippen LogP) is 2.48. The third-order valence-corrected chi connectivity index (χ3v) is 5.77. The van der Waals surface area contributed by atoms with E-state index in [1.165, 1.54) is 0 Å². The first-order valence-electron chi connectivity index (χ1n) is 7.21. The Balaban J connectivity index is 2.71. The van der Waals surface area contributed by atoms with E-state index in [9.17, 15) is 72.1 Å². The van der Waals surface area contributed by atoms with Crippen LogP contribution in [0, 0.1) is 0 Å². The van der Waals surface area contributed by atoms with Gasteiger partial charge in [0.1, 0.15) is 0 Å². The summed E-state index contributed by atoms with van der Waals surface area (Å²) in [5.41, 5.74) is -28.8. The highest BCUT2D eigenvalue weighted by atomic mass is 19.3. The van der Waals surface area contributed by atoms with Gasteiger partial charge in [0.05, 0.1) is 0 Å². The molecule has 0 spiro atoms. The molecule has 0 radical (unpaired) electrons. The van der Waals surface area contributed by atoms with E-state index in [0.29, 0.717) is 0 Å². The average molecular weight is 472 g/mol. The van der Waals surface area contributed by atoms with Crippen molar-refractivity contribution in [1.82, 2.24) is 0 Å². The number of halogens is 13. The van der Waals surface area contributed by atoms with Crippen molar-refractivity contribution in [3.8, 4) is 0 Å². The van der Waals surface area contributed by atoms with Crippen molar-refractivity contribution in [1.29, 1.82) is 0 Å². The molecule has 30 heavy (non-hydrogen) atoms. The fraction of sp³-hybridized carbons (Fsp3) is 0.769. The van der Waals surface area contributed by atoms with Gasteiger partial charge in [0.15, 0.2) is 0 Å². The molecule has 4 aliphatic rings. The van der Waals surface area contributed by atoms with E-state index in [1.807, 2.05) is 0 Å². The molecular weight excluding hydrogens is 467 g/mol. The normalized spacial score (nSPS) is 47.6. The van der Waals surface area contributed by atoms with Gasteiger partial charge in [0.2, 0.25) is 0 Å². The van der Waals surface area contributed by atoms with Crippen molar-refractivity contribution < 1.29 is 76.8 Å². The van der Waals surface area contributed by atoms with Gasteiger partial charge in [0, 0.05) is 6.08 Å². The summed E-state index contributed by atoms with van der Waals surface area (Å²) in [7, 11) is 0. The number of rotatable bonds is 2. The van der Waals surface area contributed by atoms with Crippen LogP contribution in [0.3, 0.4) is 0 Å². The van der Waals surface area contributed by atoms with Gasteiger partial charge >= 0.3 is 52.8 Å². The second-order valence-corrected chi connectivity index (χ2v) is 6.83. The molecular formula is C13H5F13O4. The van der Waals surface area contributed by atoms with Crippen molar-refractivity contribution in [3.05, 3.63) is 12.7 Å². The number of esters is 1. The van der Waals surface area contributed by atoms with Crippen LogP contribution in [0.15, 0.2) is 12.7 Å². The number of alkyl halides is 13. The summed E-state index contributed by atoms with van der Waals surface area (Å²) in [6.07, 6.45) is -0.492. The SMILES string of the molecule is C=CC(=O)OC12C(F)(F)C3(O)C(F)(F)C(O)(C(F)(F)C(F)(C3(F)F)C1(F)F)C2(F)F. The standard InChI is InChI=1S/C13H5F13O4/c1-2-3(27)30-7-10(19,20)4(14)8(15,16)5(28,12(7,23)24)11(21,22)6(29,9(4,17)18)13(7,25)26/h2,28-29H,1H2. The zero-order valence-corrected chi connectivity index (χ0v) is 13.4. The molecule has 2 atom stereocenters. The molecule has 0 amide bonds. The highest BCUT2D eigenvalue weighted by molar-refractivity contribution is 5.82. The summed E-state index contributed by atoms with van der Waals surface area (Å²) in [5, 5.41) is 18.8. The molecule has 0 aromatic carbocycles. The third-order valence-electron chi connectivity index (χ3n) is 5.77. The largest absolute Gasteiger partial charge is 0.436 e. The fourth-order valence-electron chi connectivity index (χ4n) is 4.26. The maximum Gasteiger partial charge on any atom is 0.344 e. The second-order valence-electron chi connectivity index (χ2n) is 6.83. The summed E-state index contributed by atoms with van der Waals surface area (Å²) in [4.78, 5) is 11.2. The number of carbonyl (C=O) groups is 1. The first-order chi connectivity index (χ1) is 13.0. The minimum atomic E-state index is -7.60. The lowest BCUT2D eigenvalue weighted by atomic mass is 9.39. The number of hydrogen-bond acceptors (Lipinski definition) is 4. The molecule has 4 bridgehead atoms. The van der Waals surface area contributed by atoms with E-state index in [-0.39, 0.29) is 0 Å². The zero-order valence-electron chi connectivity index (χ0n) is 13.4. The number of aliphatic hydroxyl groups is 2. The minimum absolute atomic E-state index is 0.492. The molecule has 2 unspecified atom stereocenters. The maximum absolute atomic E-state index is 14.8. The summed E-state index contributed by atoms with van der Waals surface area (Å²) >= 11 is 0. The van der Waals surface area contributed by atoms with Crippen LogP contribution in [0.25, 0.3) is 0 Å². The quantitative estimate of drug-likeness (QED) is 0.369. The van der Waals surface area contributed by atoms with Crippen molar-refractivity contribution >= 4 is 5.97 Å². The van der Waals surface area contributed by atoms with Crippen molar-refractivity contribution in [3.63, 3.8) is 0 Å². The number of hydrogen-bond donors (Lipinski definition) is 2. The Bertz CT molecular complexity index is 752. The van der Waals surface area contributed by atoms with Gasteiger partial charge in [-0.05, 0) is 0 Å².